The third-order valence-corrected chi connectivity index (χ3v) is 3.41. The van der Waals surface area contributed by atoms with Gasteiger partial charge in [0.05, 0.1) is 5.69 Å². The van der Waals surface area contributed by atoms with Crippen molar-refractivity contribution in [3.63, 3.8) is 0 Å². The standard InChI is InChI=1S/C16H18FN5/c1-21(2)13-5-3-12(4-6-13)14-11-22-10-7-15(18-9-8-17)20-16(22)19-14/h3-7,10-11H,8-9H2,1-2H3,(H,18,19,20). The lowest BCUT2D eigenvalue weighted by Gasteiger charge is -2.11. The third-order valence-electron chi connectivity index (χ3n) is 3.41. The van der Waals surface area contributed by atoms with Gasteiger partial charge in [-0.3, -0.25) is 4.40 Å². The normalized spacial score (nSPS) is 10.9. The van der Waals surface area contributed by atoms with Crippen molar-refractivity contribution in [3.8, 4) is 11.3 Å². The van der Waals surface area contributed by atoms with E-state index in [2.05, 4.69) is 32.3 Å². The van der Waals surface area contributed by atoms with Crippen molar-refractivity contribution >= 4 is 17.3 Å². The fourth-order valence-corrected chi connectivity index (χ4v) is 2.22. The SMILES string of the molecule is CN(C)c1ccc(-c2cn3ccc(NCCF)nc3n2)cc1. The van der Waals surface area contributed by atoms with Gasteiger partial charge in [0.15, 0.2) is 0 Å². The zero-order chi connectivity index (χ0) is 15.5. The molecule has 114 valence electrons. The first-order valence-electron chi connectivity index (χ1n) is 7.11. The Kier molecular flexibility index (Phi) is 3.91. The number of aromatic nitrogens is 3. The van der Waals surface area contributed by atoms with Crippen LogP contribution in [-0.4, -0.2) is 41.7 Å². The van der Waals surface area contributed by atoms with Gasteiger partial charge in [0.1, 0.15) is 12.5 Å². The van der Waals surface area contributed by atoms with Gasteiger partial charge in [0, 0.05) is 44.3 Å². The molecule has 0 spiro atoms. The van der Waals surface area contributed by atoms with Crippen LogP contribution in [0.15, 0.2) is 42.7 Å². The van der Waals surface area contributed by atoms with Crippen molar-refractivity contribution in [3.05, 3.63) is 42.7 Å². The molecule has 0 aliphatic heterocycles. The van der Waals surface area contributed by atoms with E-state index in [1.165, 1.54) is 0 Å². The Morgan fingerprint density at radius 2 is 1.91 bits per heavy atom. The molecule has 3 aromatic rings. The quantitative estimate of drug-likeness (QED) is 0.787. The number of alkyl halides is 1. The second kappa shape index (κ2) is 6.01. The highest BCUT2D eigenvalue weighted by Gasteiger charge is 2.06. The van der Waals surface area contributed by atoms with E-state index >= 15 is 0 Å². The average molecular weight is 299 g/mol. The molecule has 0 radical (unpaired) electrons. The second-order valence-electron chi connectivity index (χ2n) is 5.20. The topological polar surface area (TPSA) is 45.5 Å². The van der Waals surface area contributed by atoms with Gasteiger partial charge < -0.3 is 10.2 Å². The maximum Gasteiger partial charge on any atom is 0.236 e. The molecule has 22 heavy (non-hydrogen) atoms. The first-order valence-corrected chi connectivity index (χ1v) is 7.11. The minimum atomic E-state index is -0.426. The van der Waals surface area contributed by atoms with Gasteiger partial charge >= 0.3 is 0 Å². The first-order chi connectivity index (χ1) is 10.7. The summed E-state index contributed by atoms with van der Waals surface area (Å²) < 4.78 is 14.0. The number of anilines is 2. The Labute approximate surface area is 128 Å². The summed E-state index contributed by atoms with van der Waals surface area (Å²) in [6.07, 6.45) is 3.81. The Hall–Kier alpha value is -2.63. The van der Waals surface area contributed by atoms with Gasteiger partial charge in [0.25, 0.3) is 0 Å². The molecule has 2 heterocycles. The largest absolute Gasteiger partial charge is 0.378 e. The number of nitrogens with one attached hydrogen (secondary N) is 1. The fourth-order valence-electron chi connectivity index (χ4n) is 2.22. The smallest absolute Gasteiger partial charge is 0.236 e. The van der Waals surface area contributed by atoms with E-state index in [4.69, 9.17) is 0 Å². The van der Waals surface area contributed by atoms with Gasteiger partial charge in [0.2, 0.25) is 5.78 Å². The van der Waals surface area contributed by atoms with Gasteiger partial charge in [-0.1, -0.05) is 12.1 Å². The van der Waals surface area contributed by atoms with Crippen molar-refractivity contribution < 1.29 is 4.39 Å². The summed E-state index contributed by atoms with van der Waals surface area (Å²) in [6.45, 7) is -0.173. The highest BCUT2D eigenvalue weighted by molar-refractivity contribution is 5.65. The minimum Gasteiger partial charge on any atom is -0.378 e. The van der Waals surface area contributed by atoms with Crippen molar-refractivity contribution in [2.45, 2.75) is 0 Å². The molecule has 3 rings (SSSR count). The molecule has 1 N–H and O–H groups in total. The van der Waals surface area contributed by atoms with E-state index in [1.54, 1.807) is 0 Å². The van der Waals surface area contributed by atoms with Crippen molar-refractivity contribution in [2.24, 2.45) is 0 Å². The molecular formula is C16H18FN5. The molecule has 0 saturated carbocycles. The molecule has 0 bridgehead atoms. The maximum absolute atomic E-state index is 12.2. The zero-order valence-electron chi connectivity index (χ0n) is 12.6. The highest BCUT2D eigenvalue weighted by Crippen LogP contribution is 2.22. The van der Waals surface area contributed by atoms with E-state index in [-0.39, 0.29) is 6.54 Å². The maximum atomic E-state index is 12.2. The Balaban J connectivity index is 1.90. The van der Waals surface area contributed by atoms with Gasteiger partial charge in [-0.2, -0.15) is 4.98 Å². The monoisotopic (exact) mass is 299 g/mol. The summed E-state index contributed by atoms with van der Waals surface area (Å²) in [5.41, 5.74) is 3.04. The van der Waals surface area contributed by atoms with E-state index in [1.807, 2.05) is 49.1 Å². The molecule has 0 fully saturated rings. The first kappa shape index (κ1) is 14.3. The summed E-state index contributed by atoms with van der Waals surface area (Å²) in [6, 6.07) is 10.0. The molecule has 1 aromatic carbocycles. The lowest BCUT2D eigenvalue weighted by molar-refractivity contribution is 0.512. The number of fused-ring (bicyclic) bond motifs is 1. The number of nitrogens with zero attached hydrogens (tertiary/aromatic N) is 4. The number of benzene rings is 1. The van der Waals surface area contributed by atoms with Crippen LogP contribution in [0, 0.1) is 0 Å². The summed E-state index contributed by atoms with van der Waals surface area (Å²) >= 11 is 0. The number of halogens is 1. The molecule has 0 unspecified atom stereocenters. The van der Waals surface area contributed by atoms with Crippen LogP contribution >= 0.6 is 0 Å². The predicted molar refractivity (Wildman–Crippen MR) is 87.2 cm³/mol. The fraction of sp³-hybridized carbons (Fsp3) is 0.250. The van der Waals surface area contributed by atoms with Crippen molar-refractivity contribution in [2.75, 3.05) is 37.5 Å². The molecule has 5 nitrogen and oxygen atoms in total. The summed E-state index contributed by atoms with van der Waals surface area (Å²) in [7, 11) is 4.02. The number of rotatable bonds is 5. The van der Waals surface area contributed by atoms with Crippen molar-refractivity contribution in [1.82, 2.24) is 14.4 Å². The van der Waals surface area contributed by atoms with Crippen LogP contribution in [-0.2, 0) is 0 Å². The molecule has 0 aliphatic rings. The van der Waals surface area contributed by atoms with Gasteiger partial charge in [-0.25, -0.2) is 9.37 Å². The van der Waals surface area contributed by atoms with E-state index in [0.29, 0.717) is 11.6 Å². The minimum absolute atomic E-state index is 0.253. The Morgan fingerprint density at radius 1 is 1.14 bits per heavy atom. The van der Waals surface area contributed by atoms with E-state index in [9.17, 15) is 4.39 Å². The van der Waals surface area contributed by atoms with Gasteiger partial charge in [-0.15, -0.1) is 0 Å². The van der Waals surface area contributed by atoms with E-state index < -0.39 is 6.67 Å². The number of hydrogen-bond donors (Lipinski definition) is 1. The summed E-state index contributed by atoms with van der Waals surface area (Å²) in [4.78, 5) is 11.0. The number of imidazole rings is 1. The molecule has 0 amide bonds. The molecule has 6 heteroatoms. The van der Waals surface area contributed by atoms with E-state index in [0.717, 1.165) is 16.9 Å². The van der Waals surface area contributed by atoms with Crippen LogP contribution in [0.3, 0.4) is 0 Å². The average Bonchev–Trinajstić information content (AvgIpc) is 2.96. The number of hydrogen-bond acceptors (Lipinski definition) is 4. The molecule has 2 aromatic heterocycles. The van der Waals surface area contributed by atoms with Crippen molar-refractivity contribution in [1.29, 1.82) is 0 Å². The van der Waals surface area contributed by atoms with Crippen LogP contribution in [0.5, 0.6) is 0 Å². The Morgan fingerprint density at radius 3 is 2.59 bits per heavy atom. The summed E-state index contributed by atoms with van der Waals surface area (Å²) in [5, 5.41) is 2.91. The van der Waals surface area contributed by atoms with Crippen LogP contribution < -0.4 is 10.2 Å². The van der Waals surface area contributed by atoms with Crippen LogP contribution in [0.4, 0.5) is 15.9 Å². The third kappa shape index (κ3) is 2.86. The van der Waals surface area contributed by atoms with Crippen LogP contribution in [0.1, 0.15) is 0 Å². The van der Waals surface area contributed by atoms with Gasteiger partial charge in [-0.05, 0) is 18.2 Å². The molecule has 0 atom stereocenters. The molecule has 0 saturated heterocycles. The Bertz CT molecular complexity index is 764. The second-order valence-corrected chi connectivity index (χ2v) is 5.20. The zero-order valence-corrected chi connectivity index (χ0v) is 12.6. The lowest BCUT2D eigenvalue weighted by Crippen LogP contribution is -2.07. The lowest BCUT2D eigenvalue weighted by atomic mass is 10.1. The molecule has 0 aliphatic carbocycles. The molecular weight excluding hydrogens is 281 g/mol. The highest BCUT2D eigenvalue weighted by atomic mass is 19.1. The van der Waals surface area contributed by atoms with Crippen LogP contribution in [0.25, 0.3) is 17.0 Å². The summed E-state index contributed by atoms with van der Waals surface area (Å²) in [5.74, 6) is 1.22. The predicted octanol–water partition coefficient (Wildman–Crippen LogP) is 2.84. The van der Waals surface area contributed by atoms with Crippen LogP contribution in [0.2, 0.25) is 0 Å².